The zero-order chi connectivity index (χ0) is 12.1. The number of amides is 1. The summed E-state index contributed by atoms with van der Waals surface area (Å²) in [5.41, 5.74) is 0.0975. The zero-order valence-corrected chi connectivity index (χ0v) is 9.52. The van der Waals surface area contributed by atoms with Crippen LogP contribution >= 0.6 is 11.6 Å². The van der Waals surface area contributed by atoms with Crippen molar-refractivity contribution in [2.45, 2.75) is 19.4 Å². The van der Waals surface area contributed by atoms with Crippen LogP contribution in [-0.4, -0.2) is 17.8 Å². The number of benzene rings is 1. The van der Waals surface area contributed by atoms with Crippen LogP contribution in [0.1, 0.15) is 23.7 Å². The van der Waals surface area contributed by atoms with Gasteiger partial charge >= 0.3 is 0 Å². The largest absolute Gasteiger partial charge is 0.350 e. The Morgan fingerprint density at radius 2 is 2.12 bits per heavy atom. The van der Waals surface area contributed by atoms with Gasteiger partial charge in [-0.15, -0.1) is 11.6 Å². The van der Waals surface area contributed by atoms with Gasteiger partial charge in [0.25, 0.3) is 5.91 Å². The molecule has 2 nitrogen and oxygen atoms in total. The van der Waals surface area contributed by atoms with Gasteiger partial charge in [0, 0.05) is 17.5 Å². The summed E-state index contributed by atoms with van der Waals surface area (Å²) in [6, 6.07) is 2.94. The average molecular weight is 248 g/mol. The number of rotatable bonds is 4. The van der Waals surface area contributed by atoms with Crippen molar-refractivity contribution in [3.05, 3.63) is 35.4 Å². The first-order chi connectivity index (χ1) is 7.54. The monoisotopic (exact) mass is 247 g/mol. The van der Waals surface area contributed by atoms with E-state index in [1.165, 1.54) is 6.07 Å². The number of alkyl halides is 1. The predicted octanol–water partition coefficient (Wildman–Crippen LogP) is 2.71. The fourth-order valence-corrected chi connectivity index (χ4v) is 1.51. The molecule has 1 atom stereocenters. The minimum atomic E-state index is -1.03. The van der Waals surface area contributed by atoms with Crippen molar-refractivity contribution >= 4 is 17.5 Å². The van der Waals surface area contributed by atoms with Crippen molar-refractivity contribution < 1.29 is 13.6 Å². The van der Waals surface area contributed by atoms with Gasteiger partial charge in [-0.25, -0.2) is 8.78 Å². The van der Waals surface area contributed by atoms with Crippen LogP contribution in [0.3, 0.4) is 0 Å². The minimum absolute atomic E-state index is 0.0975. The smallest absolute Gasteiger partial charge is 0.251 e. The maximum atomic E-state index is 12.8. The Balaban J connectivity index is 2.69. The van der Waals surface area contributed by atoms with Gasteiger partial charge in [-0.3, -0.25) is 4.79 Å². The lowest BCUT2D eigenvalue weighted by Gasteiger charge is -2.12. The van der Waals surface area contributed by atoms with Crippen molar-refractivity contribution in [3.63, 3.8) is 0 Å². The Labute approximate surface area is 97.6 Å². The molecule has 0 radical (unpaired) electrons. The molecule has 0 fully saturated rings. The molecule has 1 aromatic carbocycles. The van der Waals surface area contributed by atoms with E-state index in [0.29, 0.717) is 12.3 Å². The molecule has 0 aliphatic carbocycles. The molecule has 16 heavy (non-hydrogen) atoms. The second kappa shape index (κ2) is 5.80. The van der Waals surface area contributed by atoms with Crippen molar-refractivity contribution in [1.29, 1.82) is 0 Å². The molecule has 88 valence electrons. The molecule has 1 N–H and O–H groups in total. The third-order valence-corrected chi connectivity index (χ3v) is 2.32. The minimum Gasteiger partial charge on any atom is -0.350 e. The van der Waals surface area contributed by atoms with Crippen LogP contribution in [0.5, 0.6) is 0 Å². The second-order valence-corrected chi connectivity index (χ2v) is 3.86. The topological polar surface area (TPSA) is 29.1 Å². The van der Waals surface area contributed by atoms with Crippen LogP contribution in [0.2, 0.25) is 0 Å². The van der Waals surface area contributed by atoms with Crippen LogP contribution in [0.4, 0.5) is 8.78 Å². The zero-order valence-electron chi connectivity index (χ0n) is 8.77. The quantitative estimate of drug-likeness (QED) is 0.815. The van der Waals surface area contributed by atoms with Crippen molar-refractivity contribution in [2.24, 2.45) is 0 Å². The van der Waals surface area contributed by atoms with Crippen molar-refractivity contribution in [3.8, 4) is 0 Å². The fourth-order valence-electron chi connectivity index (χ4n) is 1.18. The van der Waals surface area contributed by atoms with E-state index in [9.17, 15) is 13.6 Å². The molecule has 1 unspecified atom stereocenters. The van der Waals surface area contributed by atoms with E-state index in [0.717, 1.165) is 12.1 Å². The summed E-state index contributed by atoms with van der Waals surface area (Å²) in [5.74, 6) is -2.00. The molecule has 5 heteroatoms. The first-order valence-electron chi connectivity index (χ1n) is 4.86. The number of carbonyl (C=O) groups is 1. The molecule has 0 heterocycles. The fraction of sp³-hybridized carbons (Fsp3) is 0.364. The van der Waals surface area contributed by atoms with Gasteiger partial charge in [0.05, 0.1) is 0 Å². The third-order valence-electron chi connectivity index (χ3n) is 2.10. The Kier molecular flexibility index (Phi) is 4.68. The third kappa shape index (κ3) is 3.45. The molecule has 0 spiro atoms. The Morgan fingerprint density at radius 3 is 2.69 bits per heavy atom. The molecule has 1 amide bonds. The first kappa shape index (κ1) is 12.9. The highest BCUT2D eigenvalue weighted by molar-refractivity contribution is 6.17. The number of carbonyl (C=O) groups excluding carboxylic acids is 1. The van der Waals surface area contributed by atoms with E-state index in [1.807, 2.05) is 0 Å². The van der Waals surface area contributed by atoms with Gasteiger partial charge in [0.1, 0.15) is 0 Å². The molecule has 1 aromatic rings. The number of halogens is 3. The SMILES string of the molecule is CC(CCCl)NC(=O)c1ccc(F)c(F)c1. The van der Waals surface area contributed by atoms with Gasteiger partial charge in [0.15, 0.2) is 11.6 Å². The molecule has 0 saturated carbocycles. The number of hydrogen-bond donors (Lipinski definition) is 1. The lowest BCUT2D eigenvalue weighted by Crippen LogP contribution is -2.32. The molecule has 0 aliphatic rings. The van der Waals surface area contributed by atoms with Crippen LogP contribution in [0.15, 0.2) is 18.2 Å². The summed E-state index contributed by atoms with van der Waals surface area (Å²) in [5, 5.41) is 2.63. The molecule has 0 aromatic heterocycles. The first-order valence-corrected chi connectivity index (χ1v) is 5.40. The highest BCUT2D eigenvalue weighted by atomic mass is 35.5. The van der Waals surface area contributed by atoms with E-state index >= 15 is 0 Å². The van der Waals surface area contributed by atoms with E-state index in [4.69, 9.17) is 11.6 Å². The summed E-state index contributed by atoms with van der Waals surface area (Å²) >= 11 is 5.51. The van der Waals surface area contributed by atoms with E-state index in [1.54, 1.807) is 6.92 Å². The number of hydrogen-bond acceptors (Lipinski definition) is 1. The van der Waals surface area contributed by atoms with Crippen molar-refractivity contribution in [2.75, 3.05) is 5.88 Å². The summed E-state index contributed by atoms with van der Waals surface area (Å²) in [7, 11) is 0. The van der Waals surface area contributed by atoms with Crippen molar-refractivity contribution in [1.82, 2.24) is 5.32 Å². The highest BCUT2D eigenvalue weighted by Crippen LogP contribution is 2.09. The van der Waals surface area contributed by atoms with E-state index in [2.05, 4.69) is 5.32 Å². The molecule has 0 aliphatic heterocycles. The Morgan fingerprint density at radius 1 is 1.44 bits per heavy atom. The summed E-state index contributed by atoms with van der Waals surface area (Å²) in [6.07, 6.45) is 0.622. The number of nitrogens with one attached hydrogen (secondary N) is 1. The normalized spacial score (nSPS) is 12.2. The van der Waals surface area contributed by atoms with Gasteiger partial charge in [-0.1, -0.05) is 0 Å². The van der Waals surface area contributed by atoms with E-state index < -0.39 is 17.5 Å². The summed E-state index contributed by atoms with van der Waals surface area (Å²) in [6.45, 7) is 1.79. The molecular weight excluding hydrogens is 236 g/mol. The van der Waals surface area contributed by atoms with Crippen LogP contribution in [-0.2, 0) is 0 Å². The van der Waals surface area contributed by atoms with Gasteiger partial charge in [-0.2, -0.15) is 0 Å². The van der Waals surface area contributed by atoms with Gasteiger partial charge in [-0.05, 0) is 31.5 Å². The molecular formula is C11H12ClF2NO. The standard InChI is InChI=1S/C11H12ClF2NO/c1-7(4-5-12)15-11(16)8-2-3-9(13)10(14)6-8/h2-3,6-7H,4-5H2,1H3,(H,15,16). The molecule has 1 rings (SSSR count). The van der Waals surface area contributed by atoms with Crippen LogP contribution in [0.25, 0.3) is 0 Å². The van der Waals surface area contributed by atoms with E-state index in [-0.39, 0.29) is 11.6 Å². The average Bonchev–Trinajstić information content (AvgIpc) is 2.22. The Hall–Kier alpha value is -1.16. The highest BCUT2D eigenvalue weighted by Gasteiger charge is 2.11. The van der Waals surface area contributed by atoms with Gasteiger partial charge in [0.2, 0.25) is 0 Å². The Bertz CT molecular complexity index is 384. The molecule has 0 saturated heterocycles. The second-order valence-electron chi connectivity index (χ2n) is 3.48. The summed E-state index contributed by atoms with van der Waals surface area (Å²) in [4.78, 5) is 11.6. The van der Waals surface area contributed by atoms with Crippen LogP contribution < -0.4 is 5.32 Å². The molecule has 0 bridgehead atoms. The maximum Gasteiger partial charge on any atom is 0.251 e. The van der Waals surface area contributed by atoms with Crippen LogP contribution in [0, 0.1) is 11.6 Å². The lowest BCUT2D eigenvalue weighted by molar-refractivity contribution is 0.0939. The lowest BCUT2D eigenvalue weighted by atomic mass is 10.1. The predicted molar refractivity (Wildman–Crippen MR) is 58.6 cm³/mol. The van der Waals surface area contributed by atoms with Gasteiger partial charge < -0.3 is 5.32 Å². The summed E-state index contributed by atoms with van der Waals surface area (Å²) < 4.78 is 25.5. The maximum absolute atomic E-state index is 12.8.